The lowest BCUT2D eigenvalue weighted by molar-refractivity contribution is -0.127. The zero-order valence-electron chi connectivity index (χ0n) is 9.65. The molecule has 1 aliphatic carbocycles. The molecule has 0 radical (unpaired) electrons. The molecule has 2 rings (SSSR count). The maximum Gasteiger partial charge on any atom is 0.227 e. The van der Waals surface area contributed by atoms with Crippen molar-refractivity contribution < 1.29 is 9.59 Å². The van der Waals surface area contributed by atoms with Crippen LogP contribution in [0, 0.1) is 11.8 Å². The van der Waals surface area contributed by atoms with Crippen molar-refractivity contribution in [3.05, 3.63) is 12.3 Å². The number of rotatable bonds is 3. The number of hydrogen-bond acceptors (Lipinski definition) is 2. The Morgan fingerprint density at radius 3 is 2.44 bits per heavy atom. The maximum atomic E-state index is 11.6. The van der Waals surface area contributed by atoms with Gasteiger partial charge in [0.1, 0.15) is 6.29 Å². The summed E-state index contributed by atoms with van der Waals surface area (Å²) in [6.07, 6.45) is 6.65. The molecule has 1 aliphatic heterocycles. The van der Waals surface area contributed by atoms with Gasteiger partial charge in [0.2, 0.25) is 5.91 Å². The number of aldehydes is 1. The molecule has 3 nitrogen and oxygen atoms in total. The highest BCUT2D eigenvalue weighted by Gasteiger charge is 2.28. The van der Waals surface area contributed by atoms with E-state index in [9.17, 15) is 9.59 Å². The lowest BCUT2D eigenvalue weighted by atomic mass is 9.82. The fourth-order valence-electron chi connectivity index (χ4n) is 2.69. The zero-order chi connectivity index (χ0) is 11.5. The molecule has 0 aromatic heterocycles. The molecule has 1 amide bonds. The number of hydrogen-bond donors (Lipinski definition) is 0. The number of allylic oxidation sites excluding steroid dienone is 1. The van der Waals surface area contributed by atoms with Gasteiger partial charge in [-0.1, -0.05) is 6.58 Å². The van der Waals surface area contributed by atoms with Crippen molar-refractivity contribution in [2.24, 2.45) is 11.8 Å². The predicted molar refractivity (Wildman–Crippen MR) is 61.6 cm³/mol. The molecule has 0 aromatic rings. The summed E-state index contributed by atoms with van der Waals surface area (Å²) in [5, 5.41) is 0. The van der Waals surface area contributed by atoms with Crippen molar-refractivity contribution in [2.75, 3.05) is 6.54 Å². The van der Waals surface area contributed by atoms with Gasteiger partial charge in [-0.15, -0.1) is 0 Å². The minimum Gasteiger partial charge on any atom is -0.317 e. The molecule has 0 aromatic carbocycles. The van der Waals surface area contributed by atoms with Gasteiger partial charge in [0.15, 0.2) is 0 Å². The Balaban J connectivity index is 1.84. The van der Waals surface area contributed by atoms with E-state index in [1.807, 2.05) is 4.90 Å². The van der Waals surface area contributed by atoms with Gasteiger partial charge in [0.25, 0.3) is 0 Å². The molecular weight excluding hydrogens is 202 g/mol. The van der Waals surface area contributed by atoms with Gasteiger partial charge in [-0.05, 0) is 38.0 Å². The van der Waals surface area contributed by atoms with Crippen LogP contribution < -0.4 is 0 Å². The van der Waals surface area contributed by atoms with Gasteiger partial charge in [-0.3, -0.25) is 4.79 Å². The lowest BCUT2D eigenvalue weighted by Crippen LogP contribution is -2.31. The van der Waals surface area contributed by atoms with Crippen LogP contribution in [0.25, 0.3) is 0 Å². The molecule has 1 heterocycles. The SMILES string of the molecule is C=C1CCC(=O)N1CC1CCC(C=O)CC1. The minimum atomic E-state index is 0.225. The number of amides is 1. The molecular formula is C13H19NO2. The third kappa shape index (κ3) is 2.34. The Labute approximate surface area is 96.5 Å². The Hall–Kier alpha value is -1.12. The van der Waals surface area contributed by atoms with E-state index in [0.717, 1.165) is 50.6 Å². The molecule has 0 atom stereocenters. The first-order valence-corrected chi connectivity index (χ1v) is 6.14. The van der Waals surface area contributed by atoms with E-state index in [-0.39, 0.29) is 11.8 Å². The van der Waals surface area contributed by atoms with E-state index >= 15 is 0 Å². The standard InChI is InChI=1S/C13H19NO2/c1-10-2-7-13(16)14(10)8-11-3-5-12(9-15)6-4-11/h9,11-12H,1-8H2. The van der Waals surface area contributed by atoms with Crippen molar-refractivity contribution >= 4 is 12.2 Å². The first kappa shape index (κ1) is 11.4. The Morgan fingerprint density at radius 1 is 1.25 bits per heavy atom. The fraction of sp³-hybridized carbons (Fsp3) is 0.692. The third-order valence-corrected chi connectivity index (χ3v) is 3.83. The predicted octanol–water partition coefficient (Wildman–Crippen LogP) is 2.13. The van der Waals surface area contributed by atoms with Crippen LogP contribution in [-0.2, 0) is 9.59 Å². The van der Waals surface area contributed by atoms with Crippen LogP contribution in [0.1, 0.15) is 38.5 Å². The van der Waals surface area contributed by atoms with Crippen molar-refractivity contribution in [1.29, 1.82) is 0 Å². The van der Waals surface area contributed by atoms with E-state index in [1.165, 1.54) is 0 Å². The van der Waals surface area contributed by atoms with Crippen LogP contribution in [0.3, 0.4) is 0 Å². The smallest absolute Gasteiger partial charge is 0.227 e. The lowest BCUT2D eigenvalue weighted by Gasteiger charge is -2.29. The molecule has 88 valence electrons. The van der Waals surface area contributed by atoms with Gasteiger partial charge in [-0.25, -0.2) is 0 Å². The average Bonchev–Trinajstić information content (AvgIpc) is 2.62. The second-order valence-corrected chi connectivity index (χ2v) is 4.99. The van der Waals surface area contributed by atoms with Gasteiger partial charge in [-0.2, -0.15) is 0 Å². The fourth-order valence-corrected chi connectivity index (χ4v) is 2.69. The second-order valence-electron chi connectivity index (χ2n) is 4.99. The molecule has 1 saturated carbocycles. The van der Waals surface area contributed by atoms with Crippen LogP contribution in [0.15, 0.2) is 12.3 Å². The van der Waals surface area contributed by atoms with Crippen LogP contribution in [-0.4, -0.2) is 23.6 Å². The summed E-state index contributed by atoms with van der Waals surface area (Å²) in [6, 6.07) is 0. The van der Waals surface area contributed by atoms with Crippen LogP contribution in [0.5, 0.6) is 0 Å². The van der Waals surface area contributed by atoms with Crippen LogP contribution in [0.4, 0.5) is 0 Å². The Bertz CT molecular complexity index is 287. The summed E-state index contributed by atoms with van der Waals surface area (Å²) < 4.78 is 0. The molecule has 1 saturated heterocycles. The van der Waals surface area contributed by atoms with E-state index < -0.39 is 0 Å². The zero-order valence-corrected chi connectivity index (χ0v) is 9.65. The minimum absolute atomic E-state index is 0.225. The average molecular weight is 221 g/mol. The summed E-state index contributed by atoms with van der Waals surface area (Å²) >= 11 is 0. The summed E-state index contributed by atoms with van der Waals surface area (Å²) in [4.78, 5) is 24.1. The van der Waals surface area contributed by atoms with E-state index in [2.05, 4.69) is 6.58 Å². The van der Waals surface area contributed by atoms with Crippen LogP contribution >= 0.6 is 0 Å². The first-order valence-electron chi connectivity index (χ1n) is 6.14. The van der Waals surface area contributed by atoms with Gasteiger partial charge in [0.05, 0.1) is 0 Å². The molecule has 0 bridgehead atoms. The summed E-state index contributed by atoms with van der Waals surface area (Å²) in [6.45, 7) is 4.75. The molecule has 0 N–H and O–H groups in total. The van der Waals surface area contributed by atoms with Gasteiger partial charge < -0.3 is 9.69 Å². The van der Waals surface area contributed by atoms with Crippen molar-refractivity contribution in [3.8, 4) is 0 Å². The van der Waals surface area contributed by atoms with E-state index in [4.69, 9.17) is 0 Å². The van der Waals surface area contributed by atoms with Gasteiger partial charge in [0, 0.05) is 24.6 Å². The summed E-state index contributed by atoms with van der Waals surface area (Å²) in [5.41, 5.74) is 0.975. The maximum absolute atomic E-state index is 11.6. The molecule has 0 spiro atoms. The Morgan fingerprint density at radius 2 is 1.94 bits per heavy atom. The molecule has 0 unspecified atom stereocenters. The quantitative estimate of drug-likeness (QED) is 0.685. The van der Waals surface area contributed by atoms with Crippen molar-refractivity contribution in [1.82, 2.24) is 4.90 Å². The van der Waals surface area contributed by atoms with Crippen LogP contribution in [0.2, 0.25) is 0 Å². The number of carbonyl (C=O) groups is 2. The summed E-state index contributed by atoms with van der Waals surface area (Å²) in [5.74, 6) is 1.05. The molecule has 16 heavy (non-hydrogen) atoms. The first-order chi connectivity index (χ1) is 7.70. The number of likely N-dealkylation sites (tertiary alicyclic amines) is 1. The largest absolute Gasteiger partial charge is 0.317 e. The monoisotopic (exact) mass is 221 g/mol. The highest BCUT2D eigenvalue weighted by Crippen LogP contribution is 2.31. The Kier molecular flexibility index (Phi) is 3.42. The van der Waals surface area contributed by atoms with Gasteiger partial charge >= 0.3 is 0 Å². The molecule has 2 aliphatic rings. The van der Waals surface area contributed by atoms with Crippen molar-refractivity contribution in [2.45, 2.75) is 38.5 Å². The second kappa shape index (κ2) is 4.81. The number of carbonyl (C=O) groups excluding carboxylic acids is 2. The summed E-state index contributed by atoms with van der Waals surface area (Å²) in [7, 11) is 0. The number of nitrogens with zero attached hydrogens (tertiary/aromatic N) is 1. The molecule has 2 fully saturated rings. The topological polar surface area (TPSA) is 37.4 Å². The van der Waals surface area contributed by atoms with E-state index in [0.29, 0.717) is 12.3 Å². The van der Waals surface area contributed by atoms with E-state index in [1.54, 1.807) is 0 Å². The third-order valence-electron chi connectivity index (χ3n) is 3.83. The van der Waals surface area contributed by atoms with Crippen molar-refractivity contribution in [3.63, 3.8) is 0 Å². The molecule has 3 heteroatoms. The normalized spacial score (nSPS) is 30.9. The highest BCUT2D eigenvalue weighted by atomic mass is 16.2. The highest BCUT2D eigenvalue weighted by molar-refractivity contribution is 5.81.